The summed E-state index contributed by atoms with van der Waals surface area (Å²) in [6.07, 6.45) is 2.27. The quantitative estimate of drug-likeness (QED) is 0.154. The van der Waals surface area contributed by atoms with E-state index in [1.54, 1.807) is 66.7 Å². The Morgan fingerprint density at radius 2 is 1.79 bits per heavy atom. The number of esters is 1. The number of halogens is 2. The average molecular weight is 546 g/mol. The molecular formula is C25H22BrClN2O5. The first-order valence-electron chi connectivity index (χ1n) is 10.4. The van der Waals surface area contributed by atoms with E-state index in [2.05, 4.69) is 26.5 Å². The smallest absolute Gasteiger partial charge is 0.343 e. The van der Waals surface area contributed by atoms with Crippen LogP contribution < -0.4 is 19.6 Å². The lowest BCUT2D eigenvalue weighted by atomic mass is 10.2. The van der Waals surface area contributed by atoms with Crippen LogP contribution in [0.3, 0.4) is 0 Å². The molecule has 176 valence electrons. The van der Waals surface area contributed by atoms with Crippen LogP contribution in [0.5, 0.6) is 17.2 Å². The third-order valence-corrected chi connectivity index (χ3v) is 5.13. The standard InChI is InChI=1S/C25H22BrClN2O5/c1-2-13-32-20-10-7-17(8-11-20)25(31)34-22-12-9-19(26)14-18(22)15-28-29-24(30)16-33-23-6-4-3-5-21(23)27/h3-12,14-15H,2,13,16H2,1H3,(H,29,30)/b28-15+. The molecule has 0 fully saturated rings. The van der Waals surface area contributed by atoms with Gasteiger partial charge < -0.3 is 14.2 Å². The van der Waals surface area contributed by atoms with Gasteiger partial charge in [-0.05, 0) is 61.0 Å². The van der Waals surface area contributed by atoms with Crippen LogP contribution in [-0.4, -0.2) is 31.3 Å². The molecule has 0 radical (unpaired) electrons. The van der Waals surface area contributed by atoms with Crippen LogP contribution in [-0.2, 0) is 4.79 Å². The summed E-state index contributed by atoms with van der Waals surface area (Å²) in [4.78, 5) is 24.6. The van der Waals surface area contributed by atoms with Crippen LogP contribution in [0.1, 0.15) is 29.3 Å². The molecule has 0 bridgehead atoms. The largest absolute Gasteiger partial charge is 0.494 e. The summed E-state index contributed by atoms with van der Waals surface area (Å²) in [6.45, 7) is 2.36. The maximum absolute atomic E-state index is 12.6. The highest BCUT2D eigenvalue weighted by atomic mass is 79.9. The van der Waals surface area contributed by atoms with E-state index in [-0.39, 0.29) is 12.4 Å². The highest BCUT2D eigenvalue weighted by Crippen LogP contribution is 2.24. The van der Waals surface area contributed by atoms with Crippen molar-refractivity contribution in [3.8, 4) is 17.2 Å². The molecule has 1 amide bonds. The van der Waals surface area contributed by atoms with E-state index in [1.807, 2.05) is 6.92 Å². The third-order valence-electron chi connectivity index (χ3n) is 4.33. The number of hydrogen-bond acceptors (Lipinski definition) is 6. The lowest BCUT2D eigenvalue weighted by molar-refractivity contribution is -0.123. The fraction of sp³-hybridized carbons (Fsp3) is 0.160. The van der Waals surface area contributed by atoms with Crippen molar-refractivity contribution in [2.24, 2.45) is 5.10 Å². The molecule has 0 atom stereocenters. The van der Waals surface area contributed by atoms with Gasteiger partial charge in [0.25, 0.3) is 5.91 Å². The van der Waals surface area contributed by atoms with Gasteiger partial charge in [-0.1, -0.05) is 46.6 Å². The molecule has 34 heavy (non-hydrogen) atoms. The van der Waals surface area contributed by atoms with E-state index < -0.39 is 11.9 Å². The maximum atomic E-state index is 12.6. The Kier molecular flexibility index (Phi) is 9.49. The van der Waals surface area contributed by atoms with E-state index in [0.717, 1.165) is 10.9 Å². The second kappa shape index (κ2) is 12.8. The maximum Gasteiger partial charge on any atom is 0.343 e. The van der Waals surface area contributed by atoms with Crippen molar-refractivity contribution in [2.75, 3.05) is 13.2 Å². The molecule has 0 unspecified atom stereocenters. The number of carbonyl (C=O) groups excluding carboxylic acids is 2. The zero-order chi connectivity index (χ0) is 24.3. The van der Waals surface area contributed by atoms with E-state index in [0.29, 0.717) is 34.3 Å². The Labute approximate surface area is 210 Å². The Morgan fingerprint density at radius 3 is 2.53 bits per heavy atom. The lowest BCUT2D eigenvalue weighted by Gasteiger charge is -2.09. The van der Waals surface area contributed by atoms with Crippen LogP contribution in [0, 0.1) is 0 Å². The van der Waals surface area contributed by atoms with Gasteiger partial charge in [0.1, 0.15) is 17.2 Å². The molecule has 0 saturated carbocycles. The van der Waals surface area contributed by atoms with Gasteiger partial charge in [0, 0.05) is 10.0 Å². The summed E-state index contributed by atoms with van der Waals surface area (Å²) in [7, 11) is 0. The number of ether oxygens (including phenoxy) is 3. The Morgan fingerprint density at radius 1 is 1.03 bits per heavy atom. The Bertz CT molecular complexity index is 1170. The number of hydrazone groups is 1. The molecule has 9 heteroatoms. The second-order valence-corrected chi connectivity index (χ2v) is 8.28. The summed E-state index contributed by atoms with van der Waals surface area (Å²) < 4.78 is 17.2. The molecule has 0 heterocycles. The second-order valence-electron chi connectivity index (χ2n) is 6.96. The average Bonchev–Trinajstić information content (AvgIpc) is 2.84. The first-order chi connectivity index (χ1) is 16.5. The minimum absolute atomic E-state index is 0.265. The zero-order valence-electron chi connectivity index (χ0n) is 18.3. The number of amides is 1. The molecule has 1 N–H and O–H groups in total. The monoisotopic (exact) mass is 544 g/mol. The van der Waals surface area contributed by atoms with Crippen molar-refractivity contribution in [1.29, 1.82) is 0 Å². The number of hydrogen-bond donors (Lipinski definition) is 1. The van der Waals surface area contributed by atoms with Gasteiger partial charge in [-0.15, -0.1) is 0 Å². The molecule has 0 aliphatic carbocycles. The minimum atomic E-state index is -0.531. The third kappa shape index (κ3) is 7.60. The van der Waals surface area contributed by atoms with Crippen LogP contribution in [0.15, 0.2) is 76.3 Å². The SMILES string of the molecule is CCCOc1ccc(C(=O)Oc2ccc(Br)cc2/C=N/NC(=O)COc2ccccc2Cl)cc1. The first-order valence-corrected chi connectivity index (χ1v) is 11.6. The molecule has 0 aliphatic rings. The predicted octanol–water partition coefficient (Wildman–Crippen LogP) is 5.64. The highest BCUT2D eigenvalue weighted by Gasteiger charge is 2.12. The molecule has 3 rings (SSSR count). The van der Waals surface area contributed by atoms with E-state index >= 15 is 0 Å². The van der Waals surface area contributed by atoms with Crippen LogP contribution in [0.4, 0.5) is 0 Å². The van der Waals surface area contributed by atoms with Crippen molar-refractivity contribution in [3.63, 3.8) is 0 Å². The number of nitrogens with one attached hydrogen (secondary N) is 1. The van der Waals surface area contributed by atoms with Gasteiger partial charge in [-0.3, -0.25) is 4.79 Å². The summed E-state index contributed by atoms with van der Waals surface area (Å²) in [5.74, 6) is 0.356. The van der Waals surface area contributed by atoms with E-state index in [4.69, 9.17) is 25.8 Å². The molecule has 3 aromatic rings. The number of rotatable bonds is 10. The van der Waals surface area contributed by atoms with Crippen LogP contribution >= 0.6 is 27.5 Å². The molecule has 0 spiro atoms. The van der Waals surface area contributed by atoms with Crippen molar-refractivity contribution in [3.05, 3.63) is 87.4 Å². The van der Waals surface area contributed by atoms with Gasteiger partial charge in [-0.25, -0.2) is 10.2 Å². The van der Waals surface area contributed by atoms with Crippen LogP contribution in [0.25, 0.3) is 0 Å². The molecule has 0 saturated heterocycles. The van der Waals surface area contributed by atoms with Gasteiger partial charge in [-0.2, -0.15) is 5.10 Å². The Balaban J connectivity index is 1.60. The van der Waals surface area contributed by atoms with Crippen molar-refractivity contribution >= 4 is 45.6 Å². The van der Waals surface area contributed by atoms with Gasteiger partial charge in [0.05, 0.1) is 23.4 Å². The topological polar surface area (TPSA) is 86.2 Å². The fourth-order valence-corrected chi connectivity index (χ4v) is 3.26. The summed E-state index contributed by atoms with van der Waals surface area (Å²) in [5, 5.41) is 4.34. The normalized spacial score (nSPS) is 10.7. The first kappa shape index (κ1) is 25.3. The predicted molar refractivity (Wildman–Crippen MR) is 134 cm³/mol. The van der Waals surface area contributed by atoms with E-state index in [1.165, 1.54) is 6.21 Å². The van der Waals surface area contributed by atoms with Crippen LogP contribution in [0.2, 0.25) is 5.02 Å². The number of nitrogens with zero attached hydrogens (tertiary/aromatic N) is 1. The molecular weight excluding hydrogens is 524 g/mol. The molecule has 0 aromatic heterocycles. The van der Waals surface area contributed by atoms with E-state index in [9.17, 15) is 9.59 Å². The van der Waals surface area contributed by atoms with Gasteiger partial charge >= 0.3 is 5.97 Å². The lowest BCUT2D eigenvalue weighted by Crippen LogP contribution is -2.24. The summed E-state index contributed by atoms with van der Waals surface area (Å²) in [6, 6.07) is 18.6. The fourth-order valence-electron chi connectivity index (χ4n) is 2.69. The summed E-state index contributed by atoms with van der Waals surface area (Å²) >= 11 is 9.38. The minimum Gasteiger partial charge on any atom is -0.494 e. The molecule has 0 aliphatic heterocycles. The van der Waals surface area contributed by atoms with Gasteiger partial charge in [0.15, 0.2) is 6.61 Å². The number of para-hydroxylation sites is 1. The van der Waals surface area contributed by atoms with Crippen molar-refractivity contribution in [2.45, 2.75) is 13.3 Å². The number of benzene rings is 3. The highest BCUT2D eigenvalue weighted by molar-refractivity contribution is 9.10. The molecule has 3 aromatic carbocycles. The van der Waals surface area contributed by atoms with Crippen molar-refractivity contribution in [1.82, 2.24) is 5.43 Å². The van der Waals surface area contributed by atoms with Gasteiger partial charge in [0.2, 0.25) is 0 Å². The molecule has 7 nitrogen and oxygen atoms in total. The summed E-state index contributed by atoms with van der Waals surface area (Å²) in [5.41, 5.74) is 3.23. The number of carbonyl (C=O) groups is 2. The van der Waals surface area contributed by atoms with Crippen molar-refractivity contribution < 1.29 is 23.8 Å². The Hall–Kier alpha value is -3.36. The zero-order valence-corrected chi connectivity index (χ0v) is 20.6.